The van der Waals surface area contributed by atoms with Crippen molar-refractivity contribution >= 4 is 46.3 Å². The van der Waals surface area contributed by atoms with Gasteiger partial charge in [-0.15, -0.1) is 0 Å². The van der Waals surface area contributed by atoms with Gasteiger partial charge in [0, 0.05) is 11.6 Å². The molecule has 7 heteroatoms. The van der Waals surface area contributed by atoms with E-state index in [9.17, 15) is 14.7 Å². The summed E-state index contributed by atoms with van der Waals surface area (Å²) < 4.78 is 6.14. The molecule has 1 aromatic carbocycles. The van der Waals surface area contributed by atoms with Crippen molar-refractivity contribution in [3.05, 3.63) is 52.1 Å². The average molecular weight is 344 g/mol. The molecule has 3 rings (SSSR count). The zero-order valence-corrected chi connectivity index (χ0v) is 13.5. The lowest BCUT2D eigenvalue weighted by molar-refractivity contribution is -0.255. The minimum absolute atomic E-state index is 0.118. The van der Waals surface area contributed by atoms with Gasteiger partial charge in [-0.1, -0.05) is 36.1 Å². The Morgan fingerprint density at radius 3 is 2.74 bits per heavy atom. The van der Waals surface area contributed by atoms with Crippen LogP contribution in [0.15, 0.2) is 39.7 Å². The predicted molar refractivity (Wildman–Crippen MR) is 89.5 cm³/mol. The topological polar surface area (TPSA) is 82.4 Å². The Hall–Kier alpha value is -2.38. The highest BCUT2D eigenvalue weighted by molar-refractivity contribution is 8.26. The van der Waals surface area contributed by atoms with Gasteiger partial charge >= 0.3 is 0 Å². The minimum atomic E-state index is -1.22. The van der Waals surface area contributed by atoms with Gasteiger partial charge in [-0.2, -0.15) is 0 Å². The number of carboxylic acids is 1. The van der Waals surface area contributed by atoms with E-state index in [2.05, 4.69) is 5.32 Å². The third kappa shape index (κ3) is 3.20. The molecule has 0 spiro atoms. The molecule has 2 heterocycles. The summed E-state index contributed by atoms with van der Waals surface area (Å²) in [5, 5.41) is 13.4. The number of carbonyl (C=O) groups excluding carboxylic acids is 2. The lowest BCUT2D eigenvalue weighted by atomic mass is 10.0. The Morgan fingerprint density at radius 2 is 2.13 bits per heavy atom. The second-order valence-electron chi connectivity index (χ2n) is 4.87. The molecule has 0 unspecified atom stereocenters. The monoisotopic (exact) mass is 344 g/mol. The van der Waals surface area contributed by atoms with Gasteiger partial charge in [0.15, 0.2) is 0 Å². The maximum absolute atomic E-state index is 11.6. The molecule has 1 aromatic heterocycles. The van der Waals surface area contributed by atoms with Crippen molar-refractivity contribution in [2.45, 2.75) is 6.92 Å². The van der Waals surface area contributed by atoms with Crippen LogP contribution in [0, 0.1) is 6.92 Å². The largest absolute Gasteiger partial charge is 0.545 e. The summed E-state index contributed by atoms with van der Waals surface area (Å²) >= 11 is 6.11. The summed E-state index contributed by atoms with van der Waals surface area (Å²) in [6.45, 7) is 1.79. The highest BCUT2D eigenvalue weighted by Gasteiger charge is 2.22. The summed E-state index contributed by atoms with van der Waals surface area (Å²) in [6.07, 6.45) is 1.62. The average Bonchev–Trinajstić information content (AvgIpc) is 3.06. The maximum Gasteiger partial charge on any atom is 0.263 e. The fraction of sp³-hybridized carbons (Fsp3) is 0.0625. The fourth-order valence-electron chi connectivity index (χ4n) is 2.19. The van der Waals surface area contributed by atoms with E-state index in [1.807, 2.05) is 0 Å². The summed E-state index contributed by atoms with van der Waals surface area (Å²) in [6, 6.07) is 8.18. The zero-order valence-electron chi connectivity index (χ0n) is 11.9. The highest BCUT2D eigenvalue weighted by atomic mass is 32.2. The number of rotatable bonds is 3. The molecular formula is C16H10NO4S2-. The molecule has 5 nitrogen and oxygen atoms in total. The lowest BCUT2D eigenvalue weighted by Crippen LogP contribution is -2.22. The third-order valence-electron chi connectivity index (χ3n) is 3.27. The van der Waals surface area contributed by atoms with Gasteiger partial charge in [-0.25, -0.2) is 0 Å². The molecule has 1 fully saturated rings. The van der Waals surface area contributed by atoms with Crippen LogP contribution in [0.1, 0.15) is 21.7 Å². The summed E-state index contributed by atoms with van der Waals surface area (Å²) in [7, 11) is 0. The number of thioether (sulfide) groups is 1. The number of aromatic carboxylic acids is 1. The zero-order chi connectivity index (χ0) is 16.6. The van der Waals surface area contributed by atoms with Crippen LogP contribution >= 0.6 is 24.0 Å². The fourth-order valence-corrected chi connectivity index (χ4v) is 3.22. The first kappa shape index (κ1) is 15.5. The summed E-state index contributed by atoms with van der Waals surface area (Å²) in [5.41, 5.74) is 1.65. The lowest BCUT2D eigenvalue weighted by Gasteiger charge is -2.07. The standard InChI is InChI=1S/C16H11NO4S2/c1-8-6-9(15(19)20)2-4-11(8)12-5-3-10(21-12)7-13-14(18)17-16(22)23-13/h2-7H,1H3,(H,19,20)(H,17,18,22)/p-1/b13-7+. The van der Waals surface area contributed by atoms with E-state index in [0.29, 0.717) is 20.7 Å². The van der Waals surface area contributed by atoms with Gasteiger partial charge in [0.05, 0.1) is 10.9 Å². The third-order valence-corrected chi connectivity index (χ3v) is 4.43. The van der Waals surface area contributed by atoms with Crippen molar-refractivity contribution in [2.24, 2.45) is 0 Å². The molecule has 1 saturated heterocycles. The molecule has 0 atom stereocenters. The molecule has 0 aliphatic carbocycles. The Balaban J connectivity index is 1.91. The number of nitrogens with one attached hydrogen (secondary N) is 1. The molecule has 1 aliphatic heterocycles. The van der Waals surface area contributed by atoms with Crippen molar-refractivity contribution < 1.29 is 19.1 Å². The van der Waals surface area contributed by atoms with Gasteiger partial charge in [0.25, 0.3) is 5.91 Å². The van der Waals surface area contributed by atoms with Crippen LogP contribution in [0.25, 0.3) is 17.4 Å². The van der Waals surface area contributed by atoms with E-state index >= 15 is 0 Å². The SMILES string of the molecule is Cc1cc(C(=O)[O-])ccc1-c1ccc(/C=C2/SC(=S)NC2=O)o1. The van der Waals surface area contributed by atoms with Crippen molar-refractivity contribution in [1.29, 1.82) is 0 Å². The molecule has 0 saturated carbocycles. The molecule has 116 valence electrons. The summed E-state index contributed by atoms with van der Waals surface area (Å²) in [4.78, 5) is 23.0. The number of carboxylic acid groups (broad SMARTS) is 1. The van der Waals surface area contributed by atoms with E-state index in [4.69, 9.17) is 16.6 Å². The molecule has 1 aliphatic rings. The maximum atomic E-state index is 11.6. The minimum Gasteiger partial charge on any atom is -0.545 e. The molecule has 23 heavy (non-hydrogen) atoms. The number of benzene rings is 1. The predicted octanol–water partition coefficient (Wildman–Crippen LogP) is 2.11. The Bertz CT molecular complexity index is 867. The van der Waals surface area contributed by atoms with Crippen LogP contribution in [-0.2, 0) is 4.79 Å². The number of amides is 1. The second kappa shape index (κ2) is 6.02. The van der Waals surface area contributed by atoms with Crippen molar-refractivity contribution in [3.8, 4) is 11.3 Å². The van der Waals surface area contributed by atoms with Gasteiger partial charge in [0.2, 0.25) is 0 Å². The molecule has 2 aromatic rings. The van der Waals surface area contributed by atoms with E-state index in [1.54, 1.807) is 31.2 Å². The van der Waals surface area contributed by atoms with E-state index in [-0.39, 0.29) is 11.5 Å². The Labute approximate surface area is 141 Å². The first-order chi connectivity index (χ1) is 10.9. The van der Waals surface area contributed by atoms with Gasteiger partial charge in [-0.05, 0) is 36.2 Å². The van der Waals surface area contributed by atoms with Crippen LogP contribution in [0.3, 0.4) is 0 Å². The number of aryl methyl sites for hydroxylation is 1. The Kier molecular flexibility index (Phi) is 4.06. The number of furan rings is 1. The smallest absolute Gasteiger partial charge is 0.263 e. The van der Waals surface area contributed by atoms with Crippen LogP contribution in [-0.4, -0.2) is 16.2 Å². The van der Waals surface area contributed by atoms with Gasteiger partial charge in [0.1, 0.15) is 15.8 Å². The second-order valence-corrected chi connectivity index (χ2v) is 6.59. The van der Waals surface area contributed by atoms with Crippen LogP contribution < -0.4 is 10.4 Å². The van der Waals surface area contributed by atoms with E-state index in [1.165, 1.54) is 23.9 Å². The quantitative estimate of drug-likeness (QED) is 0.678. The van der Waals surface area contributed by atoms with Crippen molar-refractivity contribution in [1.82, 2.24) is 5.32 Å². The number of thiocarbonyl (C=S) groups is 1. The van der Waals surface area contributed by atoms with Gasteiger partial charge < -0.3 is 19.6 Å². The van der Waals surface area contributed by atoms with E-state index in [0.717, 1.165) is 11.1 Å². The molecular weight excluding hydrogens is 334 g/mol. The Morgan fingerprint density at radius 1 is 1.35 bits per heavy atom. The molecule has 0 radical (unpaired) electrons. The van der Waals surface area contributed by atoms with Crippen LogP contribution in [0.4, 0.5) is 0 Å². The number of carbonyl (C=O) groups is 2. The van der Waals surface area contributed by atoms with E-state index < -0.39 is 5.97 Å². The highest BCUT2D eigenvalue weighted by Crippen LogP contribution is 2.30. The van der Waals surface area contributed by atoms with Crippen molar-refractivity contribution in [2.75, 3.05) is 0 Å². The normalized spacial score (nSPS) is 16.0. The first-order valence-electron chi connectivity index (χ1n) is 6.61. The number of hydrogen-bond donors (Lipinski definition) is 1. The van der Waals surface area contributed by atoms with Crippen LogP contribution in [0.5, 0.6) is 0 Å². The first-order valence-corrected chi connectivity index (χ1v) is 7.83. The van der Waals surface area contributed by atoms with Crippen LogP contribution in [0.2, 0.25) is 0 Å². The van der Waals surface area contributed by atoms with Gasteiger partial charge in [-0.3, -0.25) is 4.79 Å². The number of hydrogen-bond acceptors (Lipinski definition) is 6. The molecule has 1 amide bonds. The molecule has 0 bridgehead atoms. The summed E-state index contributed by atoms with van der Waals surface area (Å²) in [5.74, 6) is -0.354. The molecule has 1 N–H and O–H groups in total. The van der Waals surface area contributed by atoms with Crippen molar-refractivity contribution in [3.63, 3.8) is 0 Å².